The summed E-state index contributed by atoms with van der Waals surface area (Å²) >= 11 is 0. The Morgan fingerprint density at radius 3 is 2.35 bits per heavy atom. The second-order valence-electron chi connectivity index (χ2n) is 3.88. The third-order valence-corrected chi connectivity index (χ3v) is 2.62. The van der Waals surface area contributed by atoms with Gasteiger partial charge in [0.1, 0.15) is 11.6 Å². The highest BCUT2D eigenvalue weighted by Crippen LogP contribution is 2.28. The molecular formula is C12H15F2NO2. The van der Waals surface area contributed by atoms with Crippen molar-refractivity contribution >= 4 is 5.97 Å². The van der Waals surface area contributed by atoms with Crippen LogP contribution in [0.1, 0.15) is 24.8 Å². The molecule has 0 bridgehead atoms. The third kappa shape index (κ3) is 3.23. The fourth-order valence-corrected chi connectivity index (χ4v) is 1.68. The predicted molar refractivity (Wildman–Crippen MR) is 59.4 cm³/mol. The molecule has 1 aromatic rings. The van der Waals surface area contributed by atoms with Gasteiger partial charge in [-0.15, -0.1) is 0 Å². The van der Waals surface area contributed by atoms with Crippen molar-refractivity contribution in [2.24, 2.45) is 5.73 Å². The minimum Gasteiger partial charge on any atom is -0.469 e. The van der Waals surface area contributed by atoms with E-state index in [0.29, 0.717) is 0 Å². The Bertz CT molecular complexity index is 387. The zero-order valence-electron chi connectivity index (χ0n) is 9.74. The van der Waals surface area contributed by atoms with Crippen molar-refractivity contribution in [2.75, 3.05) is 7.11 Å². The van der Waals surface area contributed by atoms with Crippen LogP contribution in [-0.2, 0) is 9.53 Å². The fourth-order valence-electron chi connectivity index (χ4n) is 1.68. The summed E-state index contributed by atoms with van der Waals surface area (Å²) in [5.41, 5.74) is 5.51. The minimum atomic E-state index is -0.733. The summed E-state index contributed by atoms with van der Waals surface area (Å²) in [7, 11) is 1.22. The van der Waals surface area contributed by atoms with Crippen LogP contribution in [0.3, 0.4) is 0 Å². The molecule has 1 rings (SSSR count). The maximum absolute atomic E-state index is 13.6. The van der Waals surface area contributed by atoms with Crippen molar-refractivity contribution in [1.82, 2.24) is 0 Å². The van der Waals surface area contributed by atoms with E-state index in [2.05, 4.69) is 4.74 Å². The van der Waals surface area contributed by atoms with Gasteiger partial charge < -0.3 is 10.5 Å². The molecule has 3 nitrogen and oxygen atoms in total. The van der Waals surface area contributed by atoms with Gasteiger partial charge in [-0.05, 0) is 19.1 Å². The summed E-state index contributed by atoms with van der Waals surface area (Å²) in [4.78, 5) is 11.2. The summed E-state index contributed by atoms with van der Waals surface area (Å²) in [6.45, 7) is 1.60. The zero-order valence-corrected chi connectivity index (χ0v) is 9.74. The minimum absolute atomic E-state index is 0.147. The van der Waals surface area contributed by atoms with Gasteiger partial charge in [-0.2, -0.15) is 0 Å². The van der Waals surface area contributed by atoms with Gasteiger partial charge in [-0.25, -0.2) is 8.78 Å². The van der Waals surface area contributed by atoms with Crippen molar-refractivity contribution in [1.29, 1.82) is 0 Å². The van der Waals surface area contributed by atoms with Gasteiger partial charge in [0.05, 0.1) is 13.5 Å². The molecule has 0 saturated carbocycles. The fraction of sp³-hybridized carbons (Fsp3) is 0.417. The Balaban J connectivity index is 3.10. The molecule has 0 saturated heterocycles. The number of carbonyl (C=O) groups is 1. The second kappa shape index (κ2) is 5.72. The van der Waals surface area contributed by atoms with E-state index >= 15 is 0 Å². The van der Waals surface area contributed by atoms with Crippen LogP contribution < -0.4 is 5.73 Å². The molecule has 94 valence electrons. The lowest BCUT2D eigenvalue weighted by molar-refractivity contribution is -0.141. The van der Waals surface area contributed by atoms with Crippen LogP contribution in [0.25, 0.3) is 0 Å². The van der Waals surface area contributed by atoms with E-state index in [1.54, 1.807) is 6.92 Å². The Morgan fingerprint density at radius 1 is 1.41 bits per heavy atom. The Hall–Kier alpha value is -1.49. The second-order valence-corrected chi connectivity index (χ2v) is 3.88. The number of benzene rings is 1. The zero-order chi connectivity index (χ0) is 13.0. The van der Waals surface area contributed by atoms with Gasteiger partial charge in [-0.3, -0.25) is 4.79 Å². The van der Waals surface area contributed by atoms with E-state index in [9.17, 15) is 13.6 Å². The van der Waals surface area contributed by atoms with Gasteiger partial charge in [0, 0.05) is 17.5 Å². The normalized spacial score (nSPS) is 14.2. The average Bonchev–Trinajstić information content (AvgIpc) is 2.26. The average molecular weight is 243 g/mol. The standard InChI is InChI=1S/C12H15F2NO2/c1-7(15)8(6-11(16)17-2)12-9(13)4-3-5-10(12)14/h3-5,7-8H,6,15H2,1-2H3. The molecule has 2 unspecified atom stereocenters. The summed E-state index contributed by atoms with van der Waals surface area (Å²) in [6.07, 6.45) is -0.147. The summed E-state index contributed by atoms with van der Waals surface area (Å²) < 4.78 is 31.6. The topological polar surface area (TPSA) is 52.3 Å². The highest BCUT2D eigenvalue weighted by molar-refractivity contribution is 5.70. The number of esters is 1. The highest BCUT2D eigenvalue weighted by atomic mass is 19.1. The van der Waals surface area contributed by atoms with Gasteiger partial charge >= 0.3 is 5.97 Å². The van der Waals surface area contributed by atoms with Crippen LogP contribution in [0.15, 0.2) is 18.2 Å². The van der Waals surface area contributed by atoms with Crippen molar-refractivity contribution in [3.63, 3.8) is 0 Å². The number of methoxy groups -OCH3 is 1. The number of nitrogens with two attached hydrogens (primary N) is 1. The van der Waals surface area contributed by atoms with Crippen LogP contribution in [0.5, 0.6) is 0 Å². The van der Waals surface area contributed by atoms with Gasteiger partial charge in [-0.1, -0.05) is 6.07 Å². The molecule has 0 aromatic heterocycles. The summed E-state index contributed by atoms with van der Waals surface area (Å²) in [5, 5.41) is 0. The van der Waals surface area contributed by atoms with Gasteiger partial charge in [0.2, 0.25) is 0 Å². The summed E-state index contributed by atoms with van der Waals surface area (Å²) in [6, 6.07) is 3.00. The SMILES string of the molecule is COC(=O)CC(c1c(F)cccc1F)C(C)N. The molecule has 2 N–H and O–H groups in total. The molecule has 1 aromatic carbocycles. The van der Waals surface area contributed by atoms with Crippen molar-refractivity contribution in [2.45, 2.75) is 25.3 Å². The molecule has 17 heavy (non-hydrogen) atoms. The van der Waals surface area contributed by atoms with Crippen molar-refractivity contribution < 1.29 is 18.3 Å². The quantitative estimate of drug-likeness (QED) is 0.822. The van der Waals surface area contributed by atoms with Crippen LogP contribution in [0, 0.1) is 11.6 Å². The lowest BCUT2D eigenvalue weighted by atomic mass is 9.89. The summed E-state index contributed by atoms with van der Waals surface area (Å²) in [5.74, 6) is -2.67. The molecular weight excluding hydrogens is 228 g/mol. The first-order valence-electron chi connectivity index (χ1n) is 5.23. The van der Waals surface area contributed by atoms with Gasteiger partial charge in [0.25, 0.3) is 0 Å². The smallest absolute Gasteiger partial charge is 0.306 e. The first kappa shape index (κ1) is 13.6. The first-order valence-corrected chi connectivity index (χ1v) is 5.23. The van der Waals surface area contributed by atoms with Crippen LogP contribution >= 0.6 is 0 Å². The molecule has 0 aliphatic rings. The first-order chi connectivity index (χ1) is 7.97. The number of rotatable bonds is 4. The molecule has 0 spiro atoms. The molecule has 0 aliphatic heterocycles. The van der Waals surface area contributed by atoms with Crippen LogP contribution in [0.2, 0.25) is 0 Å². The lowest BCUT2D eigenvalue weighted by Crippen LogP contribution is -2.28. The molecule has 0 radical (unpaired) electrons. The Kier molecular flexibility index (Phi) is 4.57. The van der Waals surface area contributed by atoms with Crippen molar-refractivity contribution in [3.05, 3.63) is 35.4 Å². The monoisotopic (exact) mass is 243 g/mol. The van der Waals surface area contributed by atoms with Gasteiger partial charge in [0.15, 0.2) is 0 Å². The van der Waals surface area contributed by atoms with E-state index in [-0.39, 0.29) is 12.0 Å². The van der Waals surface area contributed by atoms with Crippen LogP contribution in [-0.4, -0.2) is 19.1 Å². The molecule has 0 heterocycles. The largest absolute Gasteiger partial charge is 0.469 e. The predicted octanol–water partition coefficient (Wildman–Crippen LogP) is 1.96. The molecule has 0 fully saturated rings. The molecule has 0 aliphatic carbocycles. The lowest BCUT2D eigenvalue weighted by Gasteiger charge is -2.21. The van der Waals surface area contributed by atoms with E-state index in [4.69, 9.17) is 5.73 Å². The maximum atomic E-state index is 13.6. The van der Waals surface area contributed by atoms with E-state index < -0.39 is 29.6 Å². The number of halogens is 2. The Labute approximate surface area is 98.6 Å². The van der Waals surface area contributed by atoms with Crippen molar-refractivity contribution in [3.8, 4) is 0 Å². The Morgan fingerprint density at radius 2 is 1.94 bits per heavy atom. The number of ether oxygens (including phenoxy) is 1. The van der Waals surface area contributed by atoms with Crippen LogP contribution in [0.4, 0.5) is 8.78 Å². The molecule has 5 heteroatoms. The van der Waals surface area contributed by atoms with E-state index in [0.717, 1.165) is 12.1 Å². The number of carbonyl (C=O) groups excluding carboxylic acids is 1. The van der Waals surface area contributed by atoms with E-state index in [1.807, 2.05) is 0 Å². The number of hydrogen-bond acceptors (Lipinski definition) is 3. The third-order valence-electron chi connectivity index (χ3n) is 2.62. The maximum Gasteiger partial charge on any atom is 0.306 e. The van der Waals surface area contributed by atoms with E-state index in [1.165, 1.54) is 13.2 Å². The highest BCUT2D eigenvalue weighted by Gasteiger charge is 2.26. The molecule has 2 atom stereocenters. The number of hydrogen-bond donors (Lipinski definition) is 1. The molecule has 0 amide bonds.